The lowest BCUT2D eigenvalue weighted by Crippen LogP contribution is -2.32. The lowest BCUT2D eigenvalue weighted by Gasteiger charge is -2.24. The minimum atomic E-state index is -0.671. The van der Waals surface area contributed by atoms with Gasteiger partial charge in [0.05, 0.1) is 19.5 Å². The van der Waals surface area contributed by atoms with E-state index in [-0.39, 0.29) is 17.3 Å². The summed E-state index contributed by atoms with van der Waals surface area (Å²) in [5, 5.41) is 0. The maximum Gasteiger partial charge on any atom is 0.274 e. The Hall–Kier alpha value is -3.22. The first-order chi connectivity index (χ1) is 14.1. The van der Waals surface area contributed by atoms with E-state index in [2.05, 4.69) is 16.0 Å². The van der Waals surface area contributed by atoms with E-state index in [4.69, 9.17) is 10.5 Å². The van der Waals surface area contributed by atoms with Crippen molar-refractivity contribution >= 4 is 11.8 Å². The molecule has 0 aliphatic heterocycles. The number of carbonyl (C=O) groups excluding carboxylic acids is 2. The molecule has 0 unspecified atom stereocenters. The molecule has 1 heterocycles. The van der Waals surface area contributed by atoms with Crippen LogP contribution in [0, 0.1) is 0 Å². The molecule has 2 amide bonds. The largest absolute Gasteiger partial charge is 0.497 e. The smallest absolute Gasteiger partial charge is 0.274 e. The molecule has 0 fully saturated rings. The summed E-state index contributed by atoms with van der Waals surface area (Å²) < 4.78 is 5.20. The van der Waals surface area contributed by atoms with E-state index in [1.54, 1.807) is 12.0 Å². The van der Waals surface area contributed by atoms with Gasteiger partial charge in [0.15, 0.2) is 0 Å². The summed E-state index contributed by atoms with van der Waals surface area (Å²) in [5.41, 5.74) is 7.84. The van der Waals surface area contributed by atoms with Gasteiger partial charge >= 0.3 is 0 Å². The Morgan fingerprint density at radius 1 is 1.10 bits per heavy atom. The number of hydrogen-bond donors (Lipinski definition) is 1. The van der Waals surface area contributed by atoms with Crippen molar-refractivity contribution in [3.63, 3.8) is 0 Å². The Morgan fingerprint density at radius 2 is 1.83 bits per heavy atom. The van der Waals surface area contributed by atoms with E-state index < -0.39 is 5.91 Å². The summed E-state index contributed by atoms with van der Waals surface area (Å²) in [6, 6.07) is 7.65. The van der Waals surface area contributed by atoms with Crippen LogP contribution >= 0.6 is 0 Å². The normalized spacial score (nSPS) is 13.5. The molecule has 1 aromatic heterocycles. The van der Waals surface area contributed by atoms with Crippen LogP contribution < -0.4 is 10.5 Å². The van der Waals surface area contributed by atoms with Gasteiger partial charge in [0, 0.05) is 13.1 Å². The highest BCUT2D eigenvalue weighted by molar-refractivity contribution is 5.93. The Balaban J connectivity index is 1.76. The maximum absolute atomic E-state index is 13.1. The van der Waals surface area contributed by atoms with E-state index in [1.807, 2.05) is 24.3 Å². The number of carbonyl (C=O) groups is 2. The van der Waals surface area contributed by atoms with Gasteiger partial charge in [-0.1, -0.05) is 23.8 Å². The van der Waals surface area contributed by atoms with Crippen LogP contribution in [0.15, 0.2) is 48.3 Å². The topological polar surface area (TPSA) is 98.4 Å². The van der Waals surface area contributed by atoms with Crippen LogP contribution in [0.5, 0.6) is 5.75 Å². The Labute approximate surface area is 170 Å². The molecular weight excluding hydrogens is 368 g/mol. The number of hydrogen-bond acceptors (Lipinski definition) is 5. The highest BCUT2D eigenvalue weighted by Crippen LogP contribution is 2.21. The van der Waals surface area contributed by atoms with Crippen LogP contribution in [-0.4, -0.2) is 40.3 Å². The molecule has 1 aliphatic carbocycles. The van der Waals surface area contributed by atoms with Crippen molar-refractivity contribution in [2.24, 2.45) is 5.73 Å². The third-order valence-corrected chi connectivity index (χ3v) is 5.03. The highest BCUT2D eigenvalue weighted by atomic mass is 16.5. The van der Waals surface area contributed by atoms with Gasteiger partial charge in [-0.25, -0.2) is 9.97 Å². The molecule has 7 heteroatoms. The molecule has 0 saturated carbocycles. The number of aromatic nitrogens is 2. The number of methoxy groups -OCH3 is 1. The van der Waals surface area contributed by atoms with E-state index in [0.29, 0.717) is 13.1 Å². The first-order valence-corrected chi connectivity index (χ1v) is 9.79. The predicted octanol–water partition coefficient (Wildman–Crippen LogP) is 3.12. The van der Waals surface area contributed by atoms with Crippen molar-refractivity contribution in [1.82, 2.24) is 14.9 Å². The number of allylic oxidation sites excluding steroid dienone is 1. The zero-order valence-corrected chi connectivity index (χ0v) is 16.6. The molecule has 0 atom stereocenters. The van der Waals surface area contributed by atoms with Crippen molar-refractivity contribution in [3.8, 4) is 5.75 Å². The second-order valence-electron chi connectivity index (χ2n) is 7.08. The second kappa shape index (κ2) is 9.82. The van der Waals surface area contributed by atoms with E-state index in [9.17, 15) is 9.59 Å². The van der Waals surface area contributed by atoms with Gasteiger partial charge in [-0.05, 0) is 49.8 Å². The molecule has 2 N–H and O–H groups in total. The summed E-state index contributed by atoms with van der Waals surface area (Å²) >= 11 is 0. The van der Waals surface area contributed by atoms with Crippen LogP contribution in [0.3, 0.4) is 0 Å². The van der Waals surface area contributed by atoms with Crippen molar-refractivity contribution < 1.29 is 14.3 Å². The van der Waals surface area contributed by atoms with Crippen molar-refractivity contribution in [3.05, 3.63) is 65.3 Å². The Morgan fingerprint density at radius 3 is 2.41 bits per heavy atom. The molecule has 152 valence electrons. The van der Waals surface area contributed by atoms with Gasteiger partial charge in [0.25, 0.3) is 11.8 Å². The number of ether oxygens (including phenoxy) is 1. The monoisotopic (exact) mass is 394 g/mol. The number of rotatable bonds is 8. The third-order valence-electron chi connectivity index (χ3n) is 5.03. The first-order valence-electron chi connectivity index (χ1n) is 9.79. The fourth-order valence-electron chi connectivity index (χ4n) is 3.34. The maximum atomic E-state index is 13.1. The Kier molecular flexibility index (Phi) is 6.94. The number of nitrogens with two attached hydrogens (primary N) is 1. The minimum Gasteiger partial charge on any atom is -0.497 e. The second-order valence-corrected chi connectivity index (χ2v) is 7.08. The van der Waals surface area contributed by atoms with Crippen molar-refractivity contribution in [2.45, 2.75) is 38.6 Å². The van der Waals surface area contributed by atoms with E-state index in [0.717, 1.165) is 30.6 Å². The van der Waals surface area contributed by atoms with Gasteiger partial charge in [0.2, 0.25) is 0 Å². The minimum absolute atomic E-state index is 0.0376. The first kappa shape index (κ1) is 20.5. The fourth-order valence-corrected chi connectivity index (χ4v) is 3.34. The number of benzene rings is 1. The molecule has 1 aliphatic rings. The van der Waals surface area contributed by atoms with Gasteiger partial charge in [-0.2, -0.15) is 0 Å². The molecular formula is C22H26N4O3. The zero-order valence-electron chi connectivity index (χ0n) is 16.6. The summed E-state index contributed by atoms with van der Waals surface area (Å²) in [7, 11) is 1.62. The van der Waals surface area contributed by atoms with Crippen LogP contribution in [0.25, 0.3) is 0 Å². The van der Waals surface area contributed by atoms with E-state index in [1.165, 1.54) is 30.8 Å². The molecule has 0 saturated heterocycles. The van der Waals surface area contributed by atoms with Crippen LogP contribution in [0.4, 0.5) is 0 Å². The fraction of sp³-hybridized carbons (Fsp3) is 0.364. The molecule has 3 rings (SSSR count). The van der Waals surface area contributed by atoms with Gasteiger partial charge in [0.1, 0.15) is 17.1 Å². The average molecular weight is 394 g/mol. The van der Waals surface area contributed by atoms with Gasteiger partial charge < -0.3 is 15.4 Å². The lowest BCUT2D eigenvalue weighted by atomic mass is 9.97. The number of primary amides is 1. The van der Waals surface area contributed by atoms with Crippen LogP contribution in [0.2, 0.25) is 0 Å². The highest BCUT2D eigenvalue weighted by Gasteiger charge is 2.19. The molecule has 2 aromatic rings. The molecule has 0 radical (unpaired) electrons. The standard InChI is InChI=1S/C22H26N4O3/c1-29-18-9-7-17(8-10-18)15-26(12-11-16-5-3-2-4-6-16)22(28)20-14-24-19(13-25-20)21(23)27/h5,7-10,13-14H,2-4,6,11-12,15H2,1H3,(H2,23,27). The van der Waals surface area contributed by atoms with Crippen molar-refractivity contribution in [2.75, 3.05) is 13.7 Å². The molecule has 7 nitrogen and oxygen atoms in total. The van der Waals surface area contributed by atoms with Crippen LogP contribution in [-0.2, 0) is 6.54 Å². The average Bonchev–Trinajstić information content (AvgIpc) is 2.77. The van der Waals surface area contributed by atoms with Crippen LogP contribution in [0.1, 0.15) is 58.6 Å². The van der Waals surface area contributed by atoms with E-state index >= 15 is 0 Å². The molecule has 0 bridgehead atoms. The van der Waals surface area contributed by atoms with Gasteiger partial charge in [-0.15, -0.1) is 0 Å². The number of amides is 2. The molecule has 1 aromatic carbocycles. The summed E-state index contributed by atoms with van der Waals surface area (Å²) in [6.07, 6.45) is 10.3. The zero-order chi connectivity index (χ0) is 20.6. The lowest BCUT2D eigenvalue weighted by molar-refractivity contribution is 0.0737. The predicted molar refractivity (Wildman–Crippen MR) is 109 cm³/mol. The Bertz CT molecular complexity index is 876. The summed E-state index contributed by atoms with van der Waals surface area (Å²) in [6.45, 7) is 1.05. The summed E-state index contributed by atoms with van der Waals surface area (Å²) in [5.74, 6) is -0.122. The quantitative estimate of drug-likeness (QED) is 0.694. The summed E-state index contributed by atoms with van der Waals surface area (Å²) in [4.78, 5) is 34.1. The SMILES string of the molecule is COc1ccc(CN(CCC2=CCCCC2)C(=O)c2cnc(C(N)=O)cn2)cc1. The third kappa shape index (κ3) is 5.63. The van der Waals surface area contributed by atoms with Gasteiger partial charge in [-0.3, -0.25) is 9.59 Å². The van der Waals surface area contributed by atoms with Crippen molar-refractivity contribution in [1.29, 1.82) is 0 Å². The number of nitrogens with zero attached hydrogens (tertiary/aromatic N) is 3. The molecule has 0 spiro atoms. The molecule has 29 heavy (non-hydrogen) atoms.